The zero-order chi connectivity index (χ0) is 21.8. The SMILES string of the molecule is CC(C)(C)OC(=O)CN1CCN(c2ccc(N)c(NC(=O)OC(C)(C)C)c2)CC1. The van der Waals surface area contributed by atoms with E-state index in [-0.39, 0.29) is 12.5 Å². The summed E-state index contributed by atoms with van der Waals surface area (Å²) in [6.45, 7) is 14.3. The van der Waals surface area contributed by atoms with Crippen molar-refractivity contribution in [3.05, 3.63) is 18.2 Å². The third-order valence-electron chi connectivity index (χ3n) is 4.18. The number of ether oxygens (including phenoxy) is 2. The van der Waals surface area contributed by atoms with Crippen LogP contribution in [0.2, 0.25) is 0 Å². The standard InChI is InChI=1S/C21H34N4O4/c1-20(2,3)28-18(26)14-24-9-11-25(12-10-24)15-7-8-16(22)17(13-15)23-19(27)29-21(4,5)6/h7-8,13H,9-12,14,22H2,1-6H3,(H,23,27). The molecular weight excluding hydrogens is 372 g/mol. The number of rotatable bonds is 4. The van der Waals surface area contributed by atoms with Crippen LogP contribution in [-0.4, -0.2) is 60.9 Å². The van der Waals surface area contributed by atoms with E-state index in [0.717, 1.165) is 31.9 Å². The van der Waals surface area contributed by atoms with Crippen LogP contribution in [0.3, 0.4) is 0 Å². The highest BCUT2D eigenvalue weighted by Gasteiger charge is 2.23. The van der Waals surface area contributed by atoms with Crippen LogP contribution in [-0.2, 0) is 14.3 Å². The summed E-state index contributed by atoms with van der Waals surface area (Å²) in [7, 11) is 0. The Bertz CT molecular complexity index is 729. The van der Waals surface area contributed by atoms with Gasteiger partial charge in [0.2, 0.25) is 0 Å². The van der Waals surface area contributed by atoms with Gasteiger partial charge in [0.05, 0.1) is 17.9 Å². The monoisotopic (exact) mass is 406 g/mol. The number of nitrogens with zero attached hydrogens (tertiary/aromatic N) is 2. The van der Waals surface area contributed by atoms with Gasteiger partial charge in [0, 0.05) is 31.9 Å². The van der Waals surface area contributed by atoms with E-state index in [4.69, 9.17) is 15.2 Å². The zero-order valence-corrected chi connectivity index (χ0v) is 18.4. The largest absolute Gasteiger partial charge is 0.459 e. The molecule has 1 fully saturated rings. The van der Waals surface area contributed by atoms with Crippen molar-refractivity contribution in [1.82, 2.24) is 4.90 Å². The first-order valence-electron chi connectivity index (χ1n) is 9.91. The van der Waals surface area contributed by atoms with Gasteiger partial charge in [0.25, 0.3) is 0 Å². The first kappa shape index (κ1) is 22.8. The molecule has 29 heavy (non-hydrogen) atoms. The number of anilines is 3. The lowest BCUT2D eigenvalue weighted by Gasteiger charge is -2.36. The fraction of sp³-hybridized carbons (Fsp3) is 0.619. The lowest BCUT2D eigenvalue weighted by molar-refractivity contribution is -0.156. The average molecular weight is 407 g/mol. The molecule has 0 unspecified atom stereocenters. The van der Waals surface area contributed by atoms with Crippen LogP contribution in [0.4, 0.5) is 21.9 Å². The molecule has 0 radical (unpaired) electrons. The lowest BCUT2D eigenvalue weighted by atomic mass is 10.2. The highest BCUT2D eigenvalue weighted by atomic mass is 16.6. The Kier molecular flexibility index (Phi) is 7.00. The van der Waals surface area contributed by atoms with E-state index in [2.05, 4.69) is 15.1 Å². The molecule has 1 aliphatic rings. The molecular formula is C21H34N4O4. The fourth-order valence-electron chi connectivity index (χ4n) is 2.98. The predicted molar refractivity (Wildman–Crippen MR) is 115 cm³/mol. The number of hydrogen-bond acceptors (Lipinski definition) is 7. The zero-order valence-electron chi connectivity index (χ0n) is 18.4. The van der Waals surface area contributed by atoms with E-state index in [1.165, 1.54) is 0 Å². The minimum Gasteiger partial charge on any atom is -0.459 e. The summed E-state index contributed by atoms with van der Waals surface area (Å²) in [5, 5.41) is 2.72. The Balaban J connectivity index is 1.94. The van der Waals surface area contributed by atoms with Gasteiger partial charge in [-0.3, -0.25) is 15.0 Å². The second-order valence-corrected chi connectivity index (χ2v) is 9.25. The number of piperazine rings is 1. The van der Waals surface area contributed by atoms with Gasteiger partial charge in [-0.1, -0.05) is 0 Å². The molecule has 0 spiro atoms. The molecule has 0 bridgehead atoms. The molecule has 0 saturated carbocycles. The third kappa shape index (κ3) is 7.81. The molecule has 1 aliphatic heterocycles. The average Bonchev–Trinajstić information content (AvgIpc) is 2.54. The normalized spacial score (nSPS) is 15.7. The van der Waals surface area contributed by atoms with Gasteiger partial charge >= 0.3 is 12.1 Å². The number of hydrogen-bond donors (Lipinski definition) is 2. The second-order valence-electron chi connectivity index (χ2n) is 9.25. The molecule has 1 heterocycles. The Hall–Kier alpha value is -2.48. The molecule has 0 aromatic heterocycles. The quantitative estimate of drug-likeness (QED) is 0.586. The van der Waals surface area contributed by atoms with Crippen molar-refractivity contribution in [2.45, 2.75) is 52.7 Å². The van der Waals surface area contributed by atoms with Crippen molar-refractivity contribution in [1.29, 1.82) is 0 Å². The minimum atomic E-state index is -0.582. The number of nitrogens with one attached hydrogen (secondary N) is 1. The summed E-state index contributed by atoms with van der Waals surface area (Å²) < 4.78 is 10.7. The predicted octanol–water partition coefficient (Wildman–Crippen LogP) is 3.08. The van der Waals surface area contributed by atoms with E-state index >= 15 is 0 Å². The molecule has 8 nitrogen and oxygen atoms in total. The van der Waals surface area contributed by atoms with Crippen LogP contribution in [0.15, 0.2) is 18.2 Å². The fourth-order valence-corrected chi connectivity index (χ4v) is 2.98. The molecule has 1 aromatic carbocycles. The van der Waals surface area contributed by atoms with Gasteiger partial charge in [-0.05, 0) is 59.7 Å². The lowest BCUT2D eigenvalue weighted by Crippen LogP contribution is -2.48. The van der Waals surface area contributed by atoms with Gasteiger partial charge in [-0.2, -0.15) is 0 Å². The maximum atomic E-state index is 12.1. The molecule has 0 aliphatic carbocycles. The van der Waals surface area contributed by atoms with Crippen LogP contribution in [0.5, 0.6) is 0 Å². The Morgan fingerprint density at radius 1 is 1.00 bits per heavy atom. The summed E-state index contributed by atoms with van der Waals surface area (Å²) in [6, 6.07) is 5.55. The number of amides is 1. The number of carbonyl (C=O) groups is 2. The smallest absolute Gasteiger partial charge is 0.412 e. The minimum absolute atomic E-state index is 0.206. The van der Waals surface area contributed by atoms with Crippen molar-refractivity contribution in [2.75, 3.05) is 48.7 Å². The van der Waals surface area contributed by atoms with Gasteiger partial charge in [0.15, 0.2) is 0 Å². The molecule has 1 amide bonds. The molecule has 1 aromatic rings. The summed E-state index contributed by atoms with van der Waals surface area (Å²) in [5.74, 6) is -0.206. The van der Waals surface area contributed by atoms with Crippen molar-refractivity contribution in [3.8, 4) is 0 Å². The number of nitrogen functional groups attached to an aromatic ring is 1. The number of nitrogens with two attached hydrogens (primary N) is 1. The van der Waals surface area contributed by atoms with Crippen molar-refractivity contribution in [2.24, 2.45) is 0 Å². The van der Waals surface area contributed by atoms with E-state index in [9.17, 15) is 9.59 Å². The molecule has 2 rings (SSSR count). The summed E-state index contributed by atoms with van der Waals surface area (Å²) in [5.41, 5.74) is 6.91. The summed E-state index contributed by atoms with van der Waals surface area (Å²) >= 11 is 0. The molecule has 162 valence electrons. The molecule has 8 heteroatoms. The Labute approximate surface area is 173 Å². The maximum absolute atomic E-state index is 12.1. The molecule has 0 atom stereocenters. The van der Waals surface area contributed by atoms with Crippen molar-refractivity contribution >= 4 is 29.1 Å². The van der Waals surface area contributed by atoms with Crippen LogP contribution in [0.25, 0.3) is 0 Å². The van der Waals surface area contributed by atoms with Crippen molar-refractivity contribution < 1.29 is 19.1 Å². The topological polar surface area (TPSA) is 97.1 Å². The third-order valence-corrected chi connectivity index (χ3v) is 4.18. The van der Waals surface area contributed by atoms with Crippen LogP contribution >= 0.6 is 0 Å². The Morgan fingerprint density at radius 2 is 1.59 bits per heavy atom. The molecule has 3 N–H and O–H groups in total. The first-order chi connectivity index (χ1) is 13.3. The molecule has 1 saturated heterocycles. The van der Waals surface area contributed by atoms with Crippen LogP contribution in [0, 0.1) is 0 Å². The highest BCUT2D eigenvalue weighted by molar-refractivity contribution is 5.90. The van der Waals surface area contributed by atoms with E-state index in [0.29, 0.717) is 11.4 Å². The second kappa shape index (κ2) is 8.90. The van der Waals surface area contributed by atoms with Gasteiger partial charge < -0.3 is 20.1 Å². The van der Waals surface area contributed by atoms with E-state index in [1.54, 1.807) is 6.07 Å². The number of carbonyl (C=O) groups excluding carboxylic acids is 2. The van der Waals surface area contributed by atoms with E-state index < -0.39 is 17.3 Å². The summed E-state index contributed by atoms with van der Waals surface area (Å²) in [6.07, 6.45) is -0.538. The maximum Gasteiger partial charge on any atom is 0.412 e. The van der Waals surface area contributed by atoms with Crippen molar-refractivity contribution in [3.63, 3.8) is 0 Å². The number of esters is 1. The van der Waals surface area contributed by atoms with E-state index in [1.807, 2.05) is 53.7 Å². The van der Waals surface area contributed by atoms with Crippen LogP contribution in [0.1, 0.15) is 41.5 Å². The summed E-state index contributed by atoms with van der Waals surface area (Å²) in [4.78, 5) is 28.4. The first-order valence-corrected chi connectivity index (χ1v) is 9.91. The highest BCUT2D eigenvalue weighted by Crippen LogP contribution is 2.27. The Morgan fingerprint density at radius 3 is 2.14 bits per heavy atom. The van der Waals surface area contributed by atoms with Crippen LogP contribution < -0.4 is 16.0 Å². The van der Waals surface area contributed by atoms with Gasteiger partial charge in [-0.15, -0.1) is 0 Å². The number of benzene rings is 1. The van der Waals surface area contributed by atoms with Gasteiger partial charge in [0.1, 0.15) is 11.2 Å². The van der Waals surface area contributed by atoms with Gasteiger partial charge in [-0.25, -0.2) is 4.79 Å².